The number of nitrogens with one attached hydrogen (secondary N) is 1. The molecular formula is C2H4CaNO. The first kappa shape index (κ1) is 5.73. The van der Waals surface area contributed by atoms with Crippen LogP contribution in [0, 0.1) is 0 Å². The fraction of sp³-hybridized carbons (Fsp3) is 0.500. The van der Waals surface area contributed by atoms with Crippen molar-refractivity contribution in [3.8, 4) is 0 Å². The van der Waals surface area contributed by atoms with Crippen molar-refractivity contribution in [2.24, 2.45) is 0 Å². The molecule has 0 aromatic heterocycles. The van der Waals surface area contributed by atoms with Crippen molar-refractivity contribution in [2.45, 2.75) is 6.92 Å². The molecule has 0 heterocycles. The van der Waals surface area contributed by atoms with Gasteiger partial charge in [-0.3, -0.25) is 0 Å². The van der Waals surface area contributed by atoms with Crippen LogP contribution < -0.4 is 1.80 Å². The van der Waals surface area contributed by atoms with E-state index in [2.05, 4.69) is 1.80 Å². The molecule has 0 aliphatic heterocycles. The molecule has 25 valence electrons. The summed E-state index contributed by atoms with van der Waals surface area (Å²) in [5, 5.41) is 0. The third-order valence-corrected chi connectivity index (χ3v) is 1.03. The summed E-state index contributed by atoms with van der Waals surface area (Å²) in [6, 6.07) is 0. The van der Waals surface area contributed by atoms with Crippen LogP contribution in [0.4, 0.5) is 0 Å². The molecule has 1 amide bonds. The Labute approximate surface area is 55.2 Å². The van der Waals surface area contributed by atoms with E-state index in [1.165, 1.54) is 6.92 Å². The van der Waals surface area contributed by atoms with Gasteiger partial charge in [-0.15, -0.1) is 0 Å². The van der Waals surface area contributed by atoms with Gasteiger partial charge in [0.2, 0.25) is 0 Å². The second kappa shape index (κ2) is 2.94. The maximum absolute atomic E-state index is 9.73. The van der Waals surface area contributed by atoms with Gasteiger partial charge in [-0.2, -0.15) is 0 Å². The summed E-state index contributed by atoms with van der Waals surface area (Å²) >= 11 is 0.856. The van der Waals surface area contributed by atoms with Crippen LogP contribution in [0.2, 0.25) is 0 Å². The topological polar surface area (TPSA) is 29.1 Å². The van der Waals surface area contributed by atoms with E-state index >= 15 is 0 Å². The summed E-state index contributed by atoms with van der Waals surface area (Å²) in [5.41, 5.74) is 0. The average Bonchev–Trinajstić information content (AvgIpc) is 1.38. The number of hydrogen-bond donors (Lipinski definition) is 1. The van der Waals surface area contributed by atoms with Gasteiger partial charge in [0.1, 0.15) is 0 Å². The molecule has 5 heavy (non-hydrogen) atoms. The number of hydrogen-bond acceptors (Lipinski definition) is 1. The number of carbonyl (C=O) groups excluding carboxylic acids is 1. The molecule has 0 aliphatic carbocycles. The second-order valence-electron chi connectivity index (χ2n) is 0.733. The Hall–Kier alpha value is 0.730. The summed E-state index contributed by atoms with van der Waals surface area (Å²) in [6.45, 7) is 1.50. The summed E-state index contributed by atoms with van der Waals surface area (Å²) in [5.74, 6) is 0.0602. The van der Waals surface area contributed by atoms with Crippen molar-refractivity contribution in [1.29, 1.82) is 0 Å². The van der Waals surface area contributed by atoms with E-state index in [4.69, 9.17) is 0 Å². The van der Waals surface area contributed by atoms with Crippen LogP contribution in [0.3, 0.4) is 0 Å². The Kier molecular flexibility index (Phi) is 3.37. The minimum absolute atomic E-state index is 0.0602. The Bertz CT molecular complexity index is 44.9. The summed E-state index contributed by atoms with van der Waals surface area (Å²) in [6.07, 6.45) is 0. The summed E-state index contributed by atoms with van der Waals surface area (Å²) < 4.78 is 2.51. The van der Waals surface area contributed by atoms with E-state index in [-0.39, 0.29) is 5.91 Å². The van der Waals surface area contributed by atoms with Crippen molar-refractivity contribution < 1.29 is 4.79 Å². The first-order valence-corrected chi connectivity index (χ1v) is 2.41. The SMILES string of the molecule is CC(=O)[NH][Ca]. The average molecular weight is 98.1 g/mol. The van der Waals surface area contributed by atoms with Crippen LogP contribution in [0.15, 0.2) is 0 Å². The normalized spacial score (nSPS) is 6.40. The van der Waals surface area contributed by atoms with Gasteiger partial charge in [-0.05, 0) is 0 Å². The Morgan fingerprint density at radius 1 is 2.00 bits per heavy atom. The Balaban J connectivity index is 2.85. The zero-order valence-corrected chi connectivity index (χ0v) is 5.32. The molecular weight excluding hydrogens is 94.1 g/mol. The molecule has 0 fully saturated rings. The predicted octanol–water partition coefficient (Wildman–Crippen LogP) is -0.794. The van der Waals surface area contributed by atoms with Crippen LogP contribution in [0.1, 0.15) is 6.92 Å². The minimum atomic E-state index is 0.0602. The Morgan fingerprint density at radius 2 is 2.20 bits per heavy atom. The van der Waals surface area contributed by atoms with Gasteiger partial charge in [-0.25, -0.2) is 0 Å². The molecule has 2 nitrogen and oxygen atoms in total. The molecule has 0 rings (SSSR count). The number of amides is 1. The van der Waals surface area contributed by atoms with Gasteiger partial charge in [0.05, 0.1) is 0 Å². The van der Waals surface area contributed by atoms with Gasteiger partial charge in [0.15, 0.2) is 0 Å². The van der Waals surface area contributed by atoms with E-state index in [0.717, 1.165) is 36.2 Å². The molecule has 0 saturated heterocycles. The van der Waals surface area contributed by atoms with E-state index in [0.29, 0.717) is 0 Å². The zero-order chi connectivity index (χ0) is 4.28. The third-order valence-electron chi connectivity index (χ3n) is 0.249. The van der Waals surface area contributed by atoms with Crippen LogP contribution in [0.25, 0.3) is 0 Å². The number of carbonyl (C=O) groups is 1. The number of rotatable bonds is 0. The van der Waals surface area contributed by atoms with Gasteiger partial charge >= 0.3 is 55.6 Å². The molecule has 0 aliphatic rings. The van der Waals surface area contributed by atoms with Crippen molar-refractivity contribution in [2.75, 3.05) is 0 Å². The van der Waals surface area contributed by atoms with E-state index in [9.17, 15) is 4.79 Å². The van der Waals surface area contributed by atoms with Crippen molar-refractivity contribution in [1.82, 2.24) is 1.80 Å². The monoisotopic (exact) mass is 98.0 g/mol. The molecule has 0 spiro atoms. The summed E-state index contributed by atoms with van der Waals surface area (Å²) in [4.78, 5) is 9.73. The first-order chi connectivity index (χ1) is 2.27. The molecule has 1 radical (unpaired) electrons. The Morgan fingerprint density at radius 3 is 2.20 bits per heavy atom. The molecule has 3 heteroatoms. The second-order valence-corrected chi connectivity index (χ2v) is 1.29. The molecule has 0 bridgehead atoms. The third kappa shape index (κ3) is 4.73. The quantitative estimate of drug-likeness (QED) is 0.395. The van der Waals surface area contributed by atoms with Crippen LogP contribution >= 0.6 is 0 Å². The molecule has 0 saturated carbocycles. The van der Waals surface area contributed by atoms with Crippen molar-refractivity contribution >= 4 is 42.1 Å². The van der Waals surface area contributed by atoms with Crippen LogP contribution in [-0.2, 0) is 4.79 Å². The van der Waals surface area contributed by atoms with E-state index < -0.39 is 0 Å². The van der Waals surface area contributed by atoms with Gasteiger partial charge in [0, 0.05) is 0 Å². The van der Waals surface area contributed by atoms with Gasteiger partial charge < -0.3 is 0 Å². The fourth-order valence-electron chi connectivity index (χ4n) is 0. The van der Waals surface area contributed by atoms with Crippen LogP contribution in [-0.4, -0.2) is 42.1 Å². The van der Waals surface area contributed by atoms with Gasteiger partial charge in [-0.1, -0.05) is 0 Å². The fourth-order valence-corrected chi connectivity index (χ4v) is 0. The molecule has 0 atom stereocenters. The van der Waals surface area contributed by atoms with E-state index in [1.807, 2.05) is 0 Å². The molecule has 0 unspecified atom stereocenters. The molecule has 0 aromatic rings. The maximum atomic E-state index is 9.73. The predicted molar refractivity (Wildman–Crippen MR) is 19.6 cm³/mol. The van der Waals surface area contributed by atoms with Crippen molar-refractivity contribution in [3.05, 3.63) is 0 Å². The molecule has 0 aromatic carbocycles. The zero-order valence-electron chi connectivity index (χ0n) is 3.12. The van der Waals surface area contributed by atoms with Gasteiger partial charge in [0.25, 0.3) is 0 Å². The van der Waals surface area contributed by atoms with Crippen LogP contribution in [0.5, 0.6) is 0 Å². The van der Waals surface area contributed by atoms with Crippen molar-refractivity contribution in [3.63, 3.8) is 0 Å². The standard InChI is InChI=1S/C2H5NO.Ca/c1-2(3)4;/h1H3,(H2,3,4);/q;+1/p-1. The van der Waals surface area contributed by atoms with E-state index in [1.54, 1.807) is 0 Å². The summed E-state index contributed by atoms with van der Waals surface area (Å²) in [7, 11) is 0. The molecule has 1 N–H and O–H groups in total. The first-order valence-electron chi connectivity index (χ1n) is 1.31.